The van der Waals surface area contributed by atoms with Crippen LogP contribution < -0.4 is 0 Å². The van der Waals surface area contributed by atoms with E-state index < -0.39 is 5.97 Å². The monoisotopic (exact) mass is 614 g/mol. The number of carboxylic acid groups (broad SMARTS) is 1. The maximum absolute atomic E-state index is 13.8. The first-order valence-corrected chi connectivity index (χ1v) is 17.4. The number of aromatic carboxylic acids is 1. The van der Waals surface area contributed by atoms with Crippen molar-refractivity contribution in [3.63, 3.8) is 0 Å². The van der Waals surface area contributed by atoms with Crippen molar-refractivity contribution in [2.24, 2.45) is 11.3 Å². The third-order valence-electron chi connectivity index (χ3n) is 9.57. The highest BCUT2D eigenvalue weighted by Gasteiger charge is 2.30. The molecule has 0 unspecified atom stereocenters. The molecule has 1 fully saturated rings. The number of carboxylic acids is 1. The first-order valence-electron chi connectivity index (χ1n) is 15.7. The minimum atomic E-state index is -0.894. The zero-order chi connectivity index (χ0) is 30.1. The lowest BCUT2D eigenvalue weighted by Crippen LogP contribution is -2.31. The Kier molecular flexibility index (Phi) is 8.86. The molecule has 6 rings (SSSR count). The van der Waals surface area contributed by atoms with Crippen molar-refractivity contribution >= 4 is 44.6 Å². The first-order chi connectivity index (χ1) is 20.6. The lowest BCUT2D eigenvalue weighted by atomic mass is 9.71. The van der Waals surface area contributed by atoms with Gasteiger partial charge in [-0.3, -0.25) is 4.79 Å². The van der Waals surface area contributed by atoms with Gasteiger partial charge in [0.05, 0.1) is 4.88 Å². The molecule has 4 heterocycles. The molecule has 0 bridgehead atoms. The molecule has 1 N–H and O–H groups in total. The summed E-state index contributed by atoms with van der Waals surface area (Å²) in [6.45, 7) is 10.3. The van der Waals surface area contributed by atoms with Gasteiger partial charge in [0.1, 0.15) is 9.71 Å². The van der Waals surface area contributed by atoms with Crippen molar-refractivity contribution in [2.45, 2.75) is 78.1 Å². The van der Waals surface area contributed by atoms with Gasteiger partial charge in [0.2, 0.25) is 0 Å². The molecule has 7 heteroatoms. The van der Waals surface area contributed by atoms with E-state index >= 15 is 0 Å². The van der Waals surface area contributed by atoms with Gasteiger partial charge in [-0.2, -0.15) is 0 Å². The Bertz CT molecular complexity index is 1610. The van der Waals surface area contributed by atoms with Crippen LogP contribution in [-0.4, -0.2) is 46.4 Å². The highest BCUT2D eigenvalue weighted by molar-refractivity contribution is 7.20. The van der Waals surface area contributed by atoms with Crippen molar-refractivity contribution in [3.05, 3.63) is 74.4 Å². The summed E-state index contributed by atoms with van der Waals surface area (Å²) in [5.74, 6) is 0.0875. The van der Waals surface area contributed by atoms with Crippen LogP contribution in [0.4, 0.5) is 0 Å². The predicted molar refractivity (Wildman–Crippen MR) is 178 cm³/mol. The van der Waals surface area contributed by atoms with Crippen LogP contribution in [0.25, 0.3) is 21.3 Å². The molecule has 0 amide bonds. The number of pyridine rings is 1. The molecular formula is C36H42N2O3S2. The number of aromatic nitrogens is 1. The van der Waals surface area contributed by atoms with Gasteiger partial charge in [0, 0.05) is 17.5 Å². The maximum Gasteiger partial charge on any atom is 0.345 e. The Morgan fingerprint density at radius 3 is 2.49 bits per heavy atom. The number of hydrogen-bond donors (Lipinski definition) is 1. The first kappa shape index (κ1) is 30.2. The molecule has 1 aliphatic carbocycles. The summed E-state index contributed by atoms with van der Waals surface area (Å²) >= 11 is 2.80. The molecule has 0 spiro atoms. The Morgan fingerprint density at radius 2 is 1.79 bits per heavy atom. The van der Waals surface area contributed by atoms with Gasteiger partial charge < -0.3 is 10.0 Å². The van der Waals surface area contributed by atoms with E-state index in [0.717, 1.165) is 65.1 Å². The lowest BCUT2D eigenvalue weighted by molar-refractivity contribution is 0.0702. The second-order valence-electron chi connectivity index (χ2n) is 13.5. The summed E-state index contributed by atoms with van der Waals surface area (Å²) in [5.41, 5.74) is 5.96. The van der Waals surface area contributed by atoms with Crippen LogP contribution in [0.15, 0.2) is 47.8 Å². The molecule has 226 valence electrons. The molecule has 4 aromatic rings. The molecule has 1 aromatic carbocycles. The molecule has 43 heavy (non-hydrogen) atoms. The van der Waals surface area contributed by atoms with Crippen LogP contribution in [0.5, 0.6) is 0 Å². The summed E-state index contributed by atoms with van der Waals surface area (Å²) < 4.78 is 0. The van der Waals surface area contributed by atoms with Gasteiger partial charge in [-0.25, -0.2) is 9.78 Å². The van der Waals surface area contributed by atoms with Gasteiger partial charge >= 0.3 is 5.97 Å². The highest BCUT2D eigenvalue weighted by Crippen LogP contribution is 2.39. The Hall–Kier alpha value is -2.87. The fourth-order valence-corrected chi connectivity index (χ4v) is 8.52. The Labute approximate surface area is 263 Å². The Balaban J connectivity index is 1.21. The average Bonchev–Trinajstić information content (AvgIpc) is 3.66. The van der Waals surface area contributed by atoms with Gasteiger partial charge in [-0.1, -0.05) is 51.5 Å². The number of aryl methyl sites for hydroxylation is 1. The summed E-state index contributed by atoms with van der Waals surface area (Å²) in [4.78, 5) is 34.9. The van der Waals surface area contributed by atoms with Crippen LogP contribution >= 0.6 is 22.7 Å². The molecule has 1 saturated heterocycles. The smallest absolute Gasteiger partial charge is 0.345 e. The minimum absolute atomic E-state index is 0.124. The number of likely N-dealkylation sites (tertiary alicyclic amines) is 1. The van der Waals surface area contributed by atoms with E-state index in [1.807, 2.05) is 5.38 Å². The fourth-order valence-electron chi connectivity index (χ4n) is 6.78. The van der Waals surface area contributed by atoms with E-state index in [1.54, 1.807) is 17.4 Å². The number of piperidine rings is 1. The zero-order valence-corrected chi connectivity index (χ0v) is 27.2. The average molecular weight is 615 g/mol. The second kappa shape index (κ2) is 12.6. The number of fused-ring (bicyclic) bond motifs is 2. The van der Waals surface area contributed by atoms with Crippen molar-refractivity contribution in [1.29, 1.82) is 0 Å². The Morgan fingerprint density at radius 1 is 1.02 bits per heavy atom. The summed E-state index contributed by atoms with van der Waals surface area (Å²) in [5, 5.41) is 12.3. The van der Waals surface area contributed by atoms with E-state index in [-0.39, 0.29) is 17.1 Å². The zero-order valence-electron chi connectivity index (χ0n) is 25.5. The predicted octanol–water partition coefficient (Wildman–Crippen LogP) is 9.11. The van der Waals surface area contributed by atoms with Crippen LogP contribution in [-0.2, 0) is 12.8 Å². The lowest BCUT2D eigenvalue weighted by Gasteiger charge is -2.34. The van der Waals surface area contributed by atoms with Crippen molar-refractivity contribution in [3.8, 4) is 11.1 Å². The number of rotatable bonds is 9. The van der Waals surface area contributed by atoms with E-state index in [2.05, 4.69) is 62.1 Å². The summed E-state index contributed by atoms with van der Waals surface area (Å²) in [6.07, 6.45) is 8.51. The van der Waals surface area contributed by atoms with Crippen LogP contribution in [0.3, 0.4) is 0 Å². The SMILES string of the molecule is CC(C)(C)[C@H]1CCc2nc3sc(C(=O)C[C@H](CCN4CCCCC4)c4ccc(-c5csc(C(=O)O)c5)cc4)cc3cc2C1. The quantitative estimate of drug-likeness (QED) is 0.190. The standard InChI is InChI=1S/C36H42N2O3S2/c1-36(2,3)29-11-12-30-26(18-29)17-27-20-32(43-34(27)37-30)31(39)19-25(13-16-38-14-5-4-6-15-38)23-7-9-24(10-8-23)28-21-33(35(40)41)42-22-28/h7-10,17,20-22,25,29H,4-6,11-16,18-19H2,1-3H3,(H,40,41)/t25-,29-/m0/s1. The molecule has 5 nitrogen and oxygen atoms in total. The molecule has 2 aliphatic rings. The van der Waals surface area contributed by atoms with E-state index in [1.165, 1.54) is 53.8 Å². The number of Topliss-reactive ketones (excluding diaryl/α,β-unsaturated/α-hetero) is 1. The van der Waals surface area contributed by atoms with Crippen LogP contribution in [0.1, 0.15) is 101 Å². The summed E-state index contributed by atoms with van der Waals surface area (Å²) in [6, 6.07) is 14.5. The number of nitrogens with zero attached hydrogens (tertiary/aromatic N) is 2. The molecule has 1 aliphatic heterocycles. The van der Waals surface area contributed by atoms with Gasteiger partial charge in [0.25, 0.3) is 0 Å². The number of ketones is 1. The third kappa shape index (κ3) is 6.95. The highest BCUT2D eigenvalue weighted by atomic mass is 32.1. The van der Waals surface area contributed by atoms with E-state index in [0.29, 0.717) is 17.2 Å². The van der Waals surface area contributed by atoms with E-state index in [9.17, 15) is 14.7 Å². The second-order valence-corrected chi connectivity index (χ2v) is 15.5. The van der Waals surface area contributed by atoms with Crippen molar-refractivity contribution in [2.75, 3.05) is 19.6 Å². The topological polar surface area (TPSA) is 70.5 Å². The van der Waals surface area contributed by atoms with Gasteiger partial charge in [0.15, 0.2) is 5.78 Å². The third-order valence-corrected chi connectivity index (χ3v) is 11.6. The fraction of sp³-hybridized carbons (Fsp3) is 0.472. The van der Waals surface area contributed by atoms with Gasteiger partial charge in [-0.05, 0) is 121 Å². The molecule has 3 aromatic heterocycles. The van der Waals surface area contributed by atoms with Crippen molar-refractivity contribution in [1.82, 2.24) is 9.88 Å². The molecule has 2 atom stereocenters. The van der Waals surface area contributed by atoms with Crippen LogP contribution in [0, 0.1) is 11.3 Å². The largest absolute Gasteiger partial charge is 0.477 e. The number of benzene rings is 1. The van der Waals surface area contributed by atoms with E-state index in [4.69, 9.17) is 4.98 Å². The number of carbonyl (C=O) groups excluding carboxylic acids is 1. The summed E-state index contributed by atoms with van der Waals surface area (Å²) in [7, 11) is 0. The number of thiophene rings is 2. The van der Waals surface area contributed by atoms with Gasteiger partial charge in [-0.15, -0.1) is 22.7 Å². The normalized spacial score (nSPS) is 18.4. The van der Waals surface area contributed by atoms with Crippen molar-refractivity contribution < 1.29 is 14.7 Å². The molecular weight excluding hydrogens is 573 g/mol. The molecule has 0 saturated carbocycles. The number of hydrogen-bond acceptors (Lipinski definition) is 6. The minimum Gasteiger partial charge on any atom is -0.477 e. The number of carbonyl (C=O) groups is 2. The maximum atomic E-state index is 13.8. The van der Waals surface area contributed by atoms with Crippen LogP contribution in [0.2, 0.25) is 0 Å². The molecule has 0 radical (unpaired) electrons.